The summed E-state index contributed by atoms with van der Waals surface area (Å²) in [6.45, 7) is 3.50. The van der Waals surface area contributed by atoms with Crippen molar-refractivity contribution in [3.8, 4) is 0 Å². The Bertz CT molecular complexity index is 581. The van der Waals surface area contributed by atoms with Crippen LogP contribution in [0.4, 0.5) is 0 Å². The molecule has 18 heavy (non-hydrogen) atoms. The van der Waals surface area contributed by atoms with E-state index in [1.807, 2.05) is 6.07 Å². The molecule has 3 rings (SSSR count). The van der Waals surface area contributed by atoms with Crippen LogP contribution in [0.25, 0.3) is 11.0 Å². The van der Waals surface area contributed by atoms with E-state index in [4.69, 9.17) is 4.74 Å². The van der Waals surface area contributed by atoms with Crippen LogP contribution in [0.1, 0.15) is 20.1 Å². The highest BCUT2D eigenvalue weighted by Crippen LogP contribution is 2.37. The molecule has 6 heteroatoms. The van der Waals surface area contributed by atoms with E-state index in [1.165, 1.54) is 6.33 Å². The first kappa shape index (κ1) is 11.6. The maximum absolute atomic E-state index is 10.1. The third kappa shape index (κ3) is 1.53. The monoisotopic (exact) mass is 249 g/mol. The molecule has 1 aliphatic heterocycles. The van der Waals surface area contributed by atoms with Crippen molar-refractivity contribution in [3.63, 3.8) is 0 Å². The van der Waals surface area contributed by atoms with Crippen LogP contribution < -0.4 is 0 Å². The van der Waals surface area contributed by atoms with Gasteiger partial charge < -0.3 is 19.5 Å². The lowest BCUT2D eigenvalue weighted by Crippen LogP contribution is -2.37. The fourth-order valence-electron chi connectivity index (χ4n) is 2.34. The summed E-state index contributed by atoms with van der Waals surface area (Å²) in [6, 6.07) is 1.85. The van der Waals surface area contributed by atoms with Crippen molar-refractivity contribution < 1.29 is 14.9 Å². The van der Waals surface area contributed by atoms with Crippen LogP contribution in [0, 0.1) is 0 Å². The van der Waals surface area contributed by atoms with E-state index in [0.717, 1.165) is 5.39 Å². The van der Waals surface area contributed by atoms with E-state index in [1.54, 1.807) is 30.8 Å². The van der Waals surface area contributed by atoms with Crippen LogP contribution in [-0.4, -0.2) is 42.6 Å². The first-order valence-corrected chi connectivity index (χ1v) is 5.81. The Labute approximate surface area is 104 Å². The fraction of sp³-hybridized carbons (Fsp3) is 0.500. The Morgan fingerprint density at radius 1 is 1.39 bits per heavy atom. The second-order valence-electron chi connectivity index (χ2n) is 5.07. The first-order chi connectivity index (χ1) is 8.50. The molecule has 2 aromatic heterocycles. The highest BCUT2D eigenvalue weighted by Gasteiger charge is 2.49. The Kier molecular flexibility index (Phi) is 2.41. The number of aromatic nitrogens is 3. The minimum absolute atomic E-state index is 0.637. The van der Waals surface area contributed by atoms with Gasteiger partial charge in [-0.25, -0.2) is 9.97 Å². The molecule has 1 aliphatic rings. The van der Waals surface area contributed by atoms with Crippen LogP contribution in [0.3, 0.4) is 0 Å². The van der Waals surface area contributed by atoms with Gasteiger partial charge in [0.05, 0.1) is 5.60 Å². The van der Waals surface area contributed by atoms with Crippen LogP contribution in [-0.2, 0) is 4.74 Å². The highest BCUT2D eigenvalue weighted by molar-refractivity contribution is 5.74. The predicted octanol–water partition coefficient (Wildman–Crippen LogP) is 0.460. The van der Waals surface area contributed by atoms with Crippen molar-refractivity contribution in [1.29, 1.82) is 0 Å². The SMILES string of the molecule is CC1(C)O[C@@H](n2ccc3cncnc32)[C@H](O)[C@@H]1O. The van der Waals surface area contributed by atoms with Crippen molar-refractivity contribution in [2.24, 2.45) is 0 Å². The zero-order valence-corrected chi connectivity index (χ0v) is 10.2. The summed E-state index contributed by atoms with van der Waals surface area (Å²) in [4.78, 5) is 8.11. The van der Waals surface area contributed by atoms with Gasteiger partial charge in [-0.05, 0) is 19.9 Å². The van der Waals surface area contributed by atoms with Gasteiger partial charge in [0.15, 0.2) is 6.23 Å². The van der Waals surface area contributed by atoms with Crippen molar-refractivity contribution in [1.82, 2.24) is 14.5 Å². The maximum atomic E-state index is 10.1. The third-order valence-corrected chi connectivity index (χ3v) is 3.40. The zero-order valence-electron chi connectivity index (χ0n) is 10.2. The van der Waals surface area contributed by atoms with Gasteiger partial charge in [-0.1, -0.05) is 0 Å². The summed E-state index contributed by atoms with van der Waals surface area (Å²) >= 11 is 0. The molecule has 0 saturated carbocycles. The molecule has 3 atom stereocenters. The second kappa shape index (κ2) is 3.74. The molecule has 6 nitrogen and oxygen atoms in total. The minimum atomic E-state index is -0.981. The molecule has 0 spiro atoms. The zero-order chi connectivity index (χ0) is 12.9. The van der Waals surface area contributed by atoms with E-state index in [2.05, 4.69) is 9.97 Å². The summed E-state index contributed by atoms with van der Waals surface area (Å²) in [5.41, 5.74) is -0.104. The molecule has 0 aromatic carbocycles. The molecule has 3 heterocycles. The van der Waals surface area contributed by atoms with Crippen LogP contribution in [0.5, 0.6) is 0 Å². The summed E-state index contributed by atoms with van der Waals surface area (Å²) in [5.74, 6) is 0. The number of aliphatic hydroxyl groups is 2. The quantitative estimate of drug-likeness (QED) is 0.767. The third-order valence-electron chi connectivity index (χ3n) is 3.40. The molecular weight excluding hydrogens is 234 g/mol. The number of hydrogen-bond acceptors (Lipinski definition) is 5. The average Bonchev–Trinajstić information content (AvgIpc) is 2.85. The van der Waals surface area contributed by atoms with Crippen molar-refractivity contribution in [3.05, 3.63) is 24.8 Å². The van der Waals surface area contributed by atoms with E-state index in [-0.39, 0.29) is 0 Å². The van der Waals surface area contributed by atoms with Crippen molar-refractivity contribution in [2.45, 2.75) is 37.9 Å². The Morgan fingerprint density at radius 3 is 2.83 bits per heavy atom. The molecule has 0 aliphatic carbocycles. The van der Waals surface area contributed by atoms with E-state index < -0.39 is 24.0 Å². The first-order valence-electron chi connectivity index (χ1n) is 5.81. The topological polar surface area (TPSA) is 80.4 Å². The van der Waals surface area contributed by atoms with Gasteiger partial charge in [0.2, 0.25) is 0 Å². The molecule has 2 N–H and O–H groups in total. The molecule has 1 fully saturated rings. The summed E-state index contributed by atoms with van der Waals surface area (Å²) in [7, 11) is 0. The largest absolute Gasteiger partial charge is 0.387 e. The lowest BCUT2D eigenvalue weighted by molar-refractivity contribution is -0.0799. The molecule has 1 saturated heterocycles. The standard InChI is InChI=1S/C12H15N3O3/c1-12(2)9(17)8(16)11(18-12)15-4-3-7-5-13-6-14-10(7)15/h3-6,8-9,11,16-17H,1-2H3/t8-,9+,11-/m1/s1. The van der Waals surface area contributed by atoms with Crippen molar-refractivity contribution in [2.75, 3.05) is 0 Å². The van der Waals surface area contributed by atoms with Gasteiger partial charge in [0.1, 0.15) is 24.2 Å². The Morgan fingerprint density at radius 2 is 2.17 bits per heavy atom. The predicted molar refractivity (Wildman–Crippen MR) is 63.7 cm³/mol. The van der Waals surface area contributed by atoms with Gasteiger partial charge in [0.25, 0.3) is 0 Å². The van der Waals surface area contributed by atoms with Gasteiger partial charge >= 0.3 is 0 Å². The molecule has 0 bridgehead atoms. The van der Waals surface area contributed by atoms with Crippen LogP contribution in [0.15, 0.2) is 24.8 Å². The molecule has 96 valence electrons. The number of nitrogens with zero attached hydrogens (tertiary/aromatic N) is 3. The highest BCUT2D eigenvalue weighted by atomic mass is 16.6. The summed E-state index contributed by atoms with van der Waals surface area (Å²) < 4.78 is 7.45. The molecule has 0 radical (unpaired) electrons. The number of rotatable bonds is 1. The van der Waals surface area contributed by atoms with E-state index in [0.29, 0.717) is 5.65 Å². The Balaban J connectivity index is 2.06. The van der Waals surface area contributed by atoms with Gasteiger partial charge in [-0.2, -0.15) is 0 Å². The molecule has 0 amide bonds. The van der Waals surface area contributed by atoms with Crippen molar-refractivity contribution >= 4 is 11.0 Å². The average molecular weight is 249 g/mol. The summed E-state index contributed by atoms with van der Waals surface area (Å²) in [5, 5.41) is 20.9. The lowest BCUT2D eigenvalue weighted by atomic mass is 10.0. The van der Waals surface area contributed by atoms with Gasteiger partial charge in [0, 0.05) is 17.8 Å². The minimum Gasteiger partial charge on any atom is -0.387 e. The number of hydrogen-bond donors (Lipinski definition) is 2. The van der Waals surface area contributed by atoms with Gasteiger partial charge in [-0.3, -0.25) is 0 Å². The summed E-state index contributed by atoms with van der Waals surface area (Å²) in [6.07, 6.45) is 2.37. The smallest absolute Gasteiger partial charge is 0.164 e. The normalized spacial score (nSPS) is 31.0. The Hall–Kier alpha value is -1.50. The molecule has 0 unspecified atom stereocenters. The maximum Gasteiger partial charge on any atom is 0.164 e. The molecular formula is C12H15N3O3. The number of ether oxygens (including phenoxy) is 1. The number of fused-ring (bicyclic) bond motifs is 1. The van der Waals surface area contributed by atoms with E-state index >= 15 is 0 Å². The molecule has 2 aromatic rings. The van der Waals surface area contributed by atoms with E-state index in [9.17, 15) is 10.2 Å². The second-order valence-corrected chi connectivity index (χ2v) is 5.07. The lowest BCUT2D eigenvalue weighted by Gasteiger charge is -2.21. The fourth-order valence-corrected chi connectivity index (χ4v) is 2.34. The number of aliphatic hydroxyl groups excluding tert-OH is 2. The van der Waals surface area contributed by atoms with Crippen LogP contribution >= 0.6 is 0 Å². The van der Waals surface area contributed by atoms with Gasteiger partial charge in [-0.15, -0.1) is 0 Å². The van der Waals surface area contributed by atoms with Crippen LogP contribution in [0.2, 0.25) is 0 Å².